The third kappa shape index (κ3) is 5.18. The number of nitrogens with one attached hydrogen (secondary N) is 1. The molecule has 0 fully saturated rings. The first kappa shape index (κ1) is 14.0. The predicted octanol–water partition coefficient (Wildman–Crippen LogP) is 2.94. The maximum atomic E-state index is 5.78. The minimum absolute atomic E-state index is 0.144. The Morgan fingerprint density at radius 3 is 2.65 bits per heavy atom. The molecule has 0 spiro atoms. The van der Waals surface area contributed by atoms with E-state index in [0.29, 0.717) is 0 Å². The van der Waals surface area contributed by atoms with E-state index in [4.69, 9.17) is 4.74 Å². The van der Waals surface area contributed by atoms with Crippen LogP contribution in [-0.2, 0) is 0 Å². The van der Waals surface area contributed by atoms with Gasteiger partial charge in [0, 0.05) is 17.8 Å². The highest BCUT2D eigenvalue weighted by molar-refractivity contribution is 5.19. The molecule has 0 bridgehead atoms. The van der Waals surface area contributed by atoms with Crippen LogP contribution in [0.4, 0.5) is 0 Å². The molecule has 0 aromatic carbocycles. The number of aromatic nitrogens is 1. The number of hydrogen-bond acceptors (Lipinski definition) is 3. The van der Waals surface area contributed by atoms with Gasteiger partial charge < -0.3 is 10.1 Å². The fraction of sp³-hybridized carbons (Fsp3) is 0.643. The van der Waals surface area contributed by atoms with E-state index in [0.717, 1.165) is 24.4 Å². The molecule has 0 amide bonds. The average molecular weight is 236 g/mol. The van der Waals surface area contributed by atoms with Crippen LogP contribution in [0.2, 0.25) is 0 Å². The van der Waals surface area contributed by atoms with E-state index < -0.39 is 0 Å². The largest absolute Gasteiger partial charge is 0.488 e. The van der Waals surface area contributed by atoms with Crippen LogP contribution in [0, 0.1) is 6.92 Å². The van der Waals surface area contributed by atoms with Gasteiger partial charge in [0.05, 0.1) is 6.20 Å². The molecule has 0 aliphatic heterocycles. The van der Waals surface area contributed by atoms with Gasteiger partial charge in [0.2, 0.25) is 0 Å². The molecule has 17 heavy (non-hydrogen) atoms. The van der Waals surface area contributed by atoms with Crippen molar-refractivity contribution in [3.05, 3.63) is 24.0 Å². The van der Waals surface area contributed by atoms with Gasteiger partial charge in [-0.15, -0.1) is 0 Å². The average Bonchev–Trinajstić information content (AvgIpc) is 2.30. The lowest BCUT2D eigenvalue weighted by Crippen LogP contribution is -2.43. The van der Waals surface area contributed by atoms with Crippen molar-refractivity contribution in [1.82, 2.24) is 10.3 Å². The molecule has 1 rings (SSSR count). The number of aryl methyl sites for hydroxylation is 1. The molecule has 1 unspecified atom stereocenters. The fourth-order valence-corrected chi connectivity index (χ4v) is 1.34. The quantitative estimate of drug-likeness (QED) is 0.824. The highest BCUT2D eigenvalue weighted by atomic mass is 16.5. The molecule has 0 aliphatic rings. The Morgan fingerprint density at radius 1 is 1.41 bits per heavy atom. The van der Waals surface area contributed by atoms with Gasteiger partial charge >= 0.3 is 0 Å². The van der Waals surface area contributed by atoms with E-state index in [2.05, 4.69) is 38.0 Å². The summed E-state index contributed by atoms with van der Waals surface area (Å²) in [6.07, 6.45) is 3.02. The molecular formula is C14H24N2O. The van der Waals surface area contributed by atoms with Crippen LogP contribution >= 0.6 is 0 Å². The van der Waals surface area contributed by atoms with Gasteiger partial charge in [-0.1, -0.05) is 6.92 Å². The molecule has 1 aromatic heterocycles. The summed E-state index contributed by atoms with van der Waals surface area (Å²) in [5, 5.41) is 3.49. The van der Waals surface area contributed by atoms with Crippen LogP contribution in [0.5, 0.6) is 5.75 Å². The van der Waals surface area contributed by atoms with Crippen molar-refractivity contribution >= 4 is 0 Å². The predicted molar refractivity (Wildman–Crippen MR) is 71.4 cm³/mol. The highest BCUT2D eigenvalue weighted by Gasteiger charge is 2.15. The van der Waals surface area contributed by atoms with Gasteiger partial charge in [-0.2, -0.15) is 0 Å². The number of pyridine rings is 1. The fourth-order valence-electron chi connectivity index (χ4n) is 1.34. The summed E-state index contributed by atoms with van der Waals surface area (Å²) >= 11 is 0. The van der Waals surface area contributed by atoms with Gasteiger partial charge in [0.1, 0.15) is 11.9 Å². The Balaban J connectivity index is 2.39. The number of rotatable bonds is 6. The molecule has 0 saturated carbocycles. The molecule has 1 atom stereocenters. The zero-order valence-electron chi connectivity index (χ0n) is 11.6. The summed E-state index contributed by atoms with van der Waals surface area (Å²) in [5.74, 6) is 0.833. The van der Waals surface area contributed by atoms with E-state index in [1.54, 1.807) is 6.20 Å². The van der Waals surface area contributed by atoms with Crippen LogP contribution < -0.4 is 10.1 Å². The van der Waals surface area contributed by atoms with Crippen molar-refractivity contribution in [2.24, 2.45) is 0 Å². The van der Waals surface area contributed by atoms with Gasteiger partial charge in [0.25, 0.3) is 0 Å². The maximum absolute atomic E-state index is 5.78. The number of ether oxygens (including phenoxy) is 1. The third-order valence-electron chi connectivity index (χ3n) is 2.97. The molecule has 3 nitrogen and oxygen atoms in total. The Bertz CT molecular complexity index is 333. The lowest BCUT2D eigenvalue weighted by molar-refractivity contribution is 0.198. The maximum Gasteiger partial charge on any atom is 0.138 e. The molecule has 0 saturated heterocycles. The Morgan fingerprint density at radius 2 is 2.12 bits per heavy atom. The van der Waals surface area contributed by atoms with E-state index in [1.165, 1.54) is 0 Å². The summed E-state index contributed by atoms with van der Waals surface area (Å²) in [6, 6.07) is 3.93. The first-order chi connectivity index (χ1) is 7.93. The first-order valence-electron chi connectivity index (χ1n) is 6.27. The summed E-state index contributed by atoms with van der Waals surface area (Å²) in [5.41, 5.74) is 1.18. The van der Waals surface area contributed by atoms with Gasteiger partial charge in [0.15, 0.2) is 0 Å². The molecular weight excluding hydrogens is 212 g/mol. The third-order valence-corrected chi connectivity index (χ3v) is 2.97. The molecule has 0 radical (unpaired) electrons. The molecule has 1 N–H and O–H groups in total. The van der Waals surface area contributed by atoms with Crippen molar-refractivity contribution in [1.29, 1.82) is 0 Å². The zero-order valence-corrected chi connectivity index (χ0v) is 11.6. The van der Waals surface area contributed by atoms with Crippen LogP contribution in [0.25, 0.3) is 0 Å². The molecule has 3 heteroatoms. The van der Waals surface area contributed by atoms with Gasteiger partial charge in [-0.05, 0) is 46.2 Å². The second-order valence-corrected chi connectivity index (χ2v) is 5.18. The Kier molecular flexibility index (Phi) is 4.94. The van der Waals surface area contributed by atoms with Gasteiger partial charge in [-0.3, -0.25) is 4.98 Å². The molecule has 0 aliphatic carbocycles. The highest BCUT2D eigenvalue weighted by Crippen LogP contribution is 2.12. The molecule has 96 valence electrons. The van der Waals surface area contributed by atoms with Gasteiger partial charge in [-0.25, -0.2) is 0 Å². The summed E-state index contributed by atoms with van der Waals surface area (Å²) in [7, 11) is 0. The number of hydrogen-bond donors (Lipinski definition) is 1. The summed E-state index contributed by atoms with van der Waals surface area (Å²) in [6.45, 7) is 11.5. The molecule has 1 aromatic rings. The summed E-state index contributed by atoms with van der Waals surface area (Å²) in [4.78, 5) is 4.21. The second kappa shape index (κ2) is 6.01. The van der Waals surface area contributed by atoms with Crippen molar-refractivity contribution < 1.29 is 4.74 Å². The lowest BCUT2D eigenvalue weighted by atomic mass is 10.0. The first-order valence-corrected chi connectivity index (χ1v) is 6.27. The minimum Gasteiger partial charge on any atom is -0.488 e. The number of nitrogens with zero attached hydrogens (tertiary/aromatic N) is 1. The topological polar surface area (TPSA) is 34.1 Å². The minimum atomic E-state index is 0.144. The van der Waals surface area contributed by atoms with Crippen LogP contribution in [0.15, 0.2) is 18.3 Å². The van der Waals surface area contributed by atoms with E-state index in [1.807, 2.05) is 19.1 Å². The standard InChI is InChI=1S/C14H24N2O/c1-6-14(4,5)16-9-12(3)17-13-8-7-11(2)15-10-13/h7-8,10,12,16H,6,9H2,1-5H3. The van der Waals surface area contributed by atoms with Crippen LogP contribution in [-0.4, -0.2) is 23.2 Å². The SMILES string of the molecule is CCC(C)(C)NCC(C)Oc1ccc(C)nc1. The molecule has 1 heterocycles. The van der Waals surface area contributed by atoms with E-state index in [-0.39, 0.29) is 11.6 Å². The monoisotopic (exact) mass is 236 g/mol. The summed E-state index contributed by atoms with van der Waals surface area (Å²) < 4.78 is 5.78. The Hall–Kier alpha value is -1.09. The van der Waals surface area contributed by atoms with Crippen molar-refractivity contribution in [2.45, 2.75) is 52.7 Å². The van der Waals surface area contributed by atoms with E-state index >= 15 is 0 Å². The zero-order chi connectivity index (χ0) is 12.9. The van der Waals surface area contributed by atoms with Crippen molar-refractivity contribution in [3.63, 3.8) is 0 Å². The Labute approximate surface area is 105 Å². The van der Waals surface area contributed by atoms with Crippen molar-refractivity contribution in [3.8, 4) is 5.75 Å². The smallest absolute Gasteiger partial charge is 0.138 e. The van der Waals surface area contributed by atoms with Crippen LogP contribution in [0.1, 0.15) is 39.8 Å². The van der Waals surface area contributed by atoms with Crippen LogP contribution in [0.3, 0.4) is 0 Å². The normalized spacial score (nSPS) is 13.5. The van der Waals surface area contributed by atoms with Crippen molar-refractivity contribution in [2.75, 3.05) is 6.54 Å². The lowest BCUT2D eigenvalue weighted by Gasteiger charge is -2.26. The van der Waals surface area contributed by atoms with E-state index in [9.17, 15) is 0 Å². The second-order valence-electron chi connectivity index (χ2n) is 5.18.